The number of hydrogen-bond acceptors (Lipinski definition) is 2. The van der Waals surface area contributed by atoms with E-state index < -0.39 is 0 Å². The van der Waals surface area contributed by atoms with Gasteiger partial charge in [-0.3, -0.25) is 0 Å². The second-order valence-corrected chi connectivity index (χ2v) is 3.17. The molecule has 0 aliphatic carbocycles. The van der Waals surface area contributed by atoms with Gasteiger partial charge in [-0.1, -0.05) is 24.3 Å². The van der Waals surface area contributed by atoms with E-state index in [1.807, 2.05) is 12.1 Å². The van der Waals surface area contributed by atoms with Crippen LogP contribution in [0.15, 0.2) is 28.7 Å². The van der Waals surface area contributed by atoms with Crippen LogP contribution >= 0.6 is 15.9 Å². The number of rotatable bonds is 2. The molecule has 2 nitrogen and oxygen atoms in total. The molecule has 3 N–H and O–H groups in total. The SMILES string of the molecule is NC/C=C/c1cccc(Br)c1O. The normalized spacial score (nSPS) is 10.8. The Balaban J connectivity index is 3.00. The van der Waals surface area contributed by atoms with Crippen molar-refractivity contribution in [3.63, 3.8) is 0 Å². The fourth-order valence-corrected chi connectivity index (χ4v) is 1.24. The Hall–Kier alpha value is -0.800. The molecule has 0 aliphatic heterocycles. The number of halogens is 1. The monoisotopic (exact) mass is 227 g/mol. The summed E-state index contributed by atoms with van der Waals surface area (Å²) in [6.45, 7) is 0.478. The van der Waals surface area contributed by atoms with Crippen LogP contribution in [0, 0.1) is 0 Å². The van der Waals surface area contributed by atoms with Crippen LogP contribution in [0.5, 0.6) is 5.75 Å². The van der Waals surface area contributed by atoms with Crippen molar-refractivity contribution in [2.45, 2.75) is 0 Å². The molecule has 0 bridgehead atoms. The van der Waals surface area contributed by atoms with Gasteiger partial charge in [0.25, 0.3) is 0 Å². The molecular weight excluding hydrogens is 218 g/mol. The summed E-state index contributed by atoms with van der Waals surface area (Å²) in [6, 6.07) is 5.47. The minimum atomic E-state index is 0.252. The van der Waals surface area contributed by atoms with Gasteiger partial charge in [-0.15, -0.1) is 0 Å². The highest BCUT2D eigenvalue weighted by molar-refractivity contribution is 9.10. The average Bonchev–Trinajstić information content (AvgIpc) is 2.08. The van der Waals surface area contributed by atoms with Gasteiger partial charge in [0, 0.05) is 12.1 Å². The van der Waals surface area contributed by atoms with Crippen molar-refractivity contribution in [2.24, 2.45) is 5.73 Å². The molecule has 0 aliphatic rings. The van der Waals surface area contributed by atoms with Crippen LogP contribution in [-0.4, -0.2) is 11.7 Å². The Morgan fingerprint density at radius 1 is 1.50 bits per heavy atom. The van der Waals surface area contributed by atoms with Crippen molar-refractivity contribution >= 4 is 22.0 Å². The summed E-state index contributed by atoms with van der Waals surface area (Å²) < 4.78 is 0.696. The highest BCUT2D eigenvalue weighted by atomic mass is 79.9. The molecule has 0 atom stereocenters. The van der Waals surface area contributed by atoms with E-state index in [0.717, 1.165) is 5.56 Å². The van der Waals surface area contributed by atoms with Crippen molar-refractivity contribution < 1.29 is 5.11 Å². The van der Waals surface area contributed by atoms with E-state index in [1.165, 1.54) is 0 Å². The lowest BCUT2D eigenvalue weighted by molar-refractivity contribution is 0.470. The van der Waals surface area contributed by atoms with E-state index in [0.29, 0.717) is 11.0 Å². The van der Waals surface area contributed by atoms with Crippen LogP contribution in [-0.2, 0) is 0 Å². The molecule has 1 rings (SSSR count). The number of phenols is 1. The van der Waals surface area contributed by atoms with Crippen molar-refractivity contribution in [1.29, 1.82) is 0 Å². The van der Waals surface area contributed by atoms with Gasteiger partial charge >= 0.3 is 0 Å². The van der Waals surface area contributed by atoms with Crippen LogP contribution in [0.2, 0.25) is 0 Å². The van der Waals surface area contributed by atoms with Gasteiger partial charge in [-0.2, -0.15) is 0 Å². The maximum Gasteiger partial charge on any atom is 0.136 e. The molecule has 0 saturated carbocycles. The summed E-state index contributed by atoms with van der Waals surface area (Å²) in [4.78, 5) is 0. The average molecular weight is 228 g/mol. The van der Waals surface area contributed by atoms with Gasteiger partial charge in [-0.25, -0.2) is 0 Å². The number of phenolic OH excluding ortho intramolecular Hbond substituents is 1. The van der Waals surface area contributed by atoms with Crippen LogP contribution in [0.25, 0.3) is 6.08 Å². The second kappa shape index (κ2) is 4.28. The molecule has 0 amide bonds. The van der Waals surface area contributed by atoms with Gasteiger partial charge in [-0.05, 0) is 22.0 Å². The smallest absolute Gasteiger partial charge is 0.136 e. The van der Waals surface area contributed by atoms with Crippen LogP contribution in [0.3, 0.4) is 0 Å². The first kappa shape index (κ1) is 9.29. The standard InChI is InChI=1S/C9H10BrNO/c10-8-5-1-3-7(9(8)12)4-2-6-11/h1-5,12H,6,11H2/b4-2+. The van der Waals surface area contributed by atoms with Crippen LogP contribution < -0.4 is 5.73 Å². The third-order valence-corrected chi connectivity index (χ3v) is 2.09. The lowest BCUT2D eigenvalue weighted by atomic mass is 10.2. The first-order valence-electron chi connectivity index (χ1n) is 3.60. The first-order valence-corrected chi connectivity index (χ1v) is 4.39. The van der Waals surface area contributed by atoms with Crippen molar-refractivity contribution in [2.75, 3.05) is 6.54 Å². The second-order valence-electron chi connectivity index (χ2n) is 2.32. The number of para-hydroxylation sites is 1. The molecule has 1 aromatic carbocycles. The van der Waals surface area contributed by atoms with Crippen molar-refractivity contribution in [1.82, 2.24) is 0 Å². The molecule has 3 heteroatoms. The lowest BCUT2D eigenvalue weighted by Gasteiger charge is -1.99. The third kappa shape index (κ3) is 2.09. The van der Waals surface area contributed by atoms with Gasteiger partial charge in [0.15, 0.2) is 0 Å². The zero-order valence-corrected chi connectivity index (χ0v) is 8.08. The molecule has 0 radical (unpaired) electrons. The van der Waals surface area contributed by atoms with E-state index in [9.17, 15) is 5.11 Å². The zero-order chi connectivity index (χ0) is 8.97. The Morgan fingerprint density at radius 2 is 2.25 bits per heavy atom. The predicted molar refractivity (Wildman–Crippen MR) is 53.9 cm³/mol. The first-order chi connectivity index (χ1) is 5.75. The Morgan fingerprint density at radius 3 is 2.92 bits per heavy atom. The summed E-state index contributed by atoms with van der Waals surface area (Å²) in [6.07, 6.45) is 3.58. The molecular formula is C9H10BrNO. The topological polar surface area (TPSA) is 46.2 Å². The molecule has 0 heterocycles. The number of aromatic hydroxyl groups is 1. The lowest BCUT2D eigenvalue weighted by Crippen LogP contribution is -1.91. The van der Waals surface area contributed by atoms with E-state index >= 15 is 0 Å². The molecule has 0 fully saturated rings. The molecule has 0 aromatic heterocycles. The summed E-state index contributed by atoms with van der Waals surface area (Å²) in [7, 11) is 0. The molecule has 12 heavy (non-hydrogen) atoms. The molecule has 0 unspecified atom stereocenters. The van der Waals surface area contributed by atoms with E-state index in [2.05, 4.69) is 15.9 Å². The zero-order valence-electron chi connectivity index (χ0n) is 6.50. The van der Waals surface area contributed by atoms with Crippen LogP contribution in [0.4, 0.5) is 0 Å². The summed E-state index contributed by atoms with van der Waals surface area (Å²) in [5, 5.41) is 9.49. The van der Waals surface area contributed by atoms with Crippen molar-refractivity contribution in [3.05, 3.63) is 34.3 Å². The highest BCUT2D eigenvalue weighted by Gasteiger charge is 1.99. The minimum Gasteiger partial charge on any atom is -0.506 e. The number of benzene rings is 1. The Bertz CT molecular complexity index is 297. The van der Waals surface area contributed by atoms with Gasteiger partial charge in [0.05, 0.1) is 4.47 Å². The summed E-state index contributed by atoms with van der Waals surface area (Å²) in [5.41, 5.74) is 6.06. The fraction of sp³-hybridized carbons (Fsp3) is 0.111. The maximum absolute atomic E-state index is 9.49. The Kier molecular flexibility index (Phi) is 3.31. The molecule has 64 valence electrons. The largest absolute Gasteiger partial charge is 0.506 e. The maximum atomic E-state index is 9.49. The number of hydrogen-bond donors (Lipinski definition) is 2. The molecule has 0 saturated heterocycles. The third-order valence-electron chi connectivity index (χ3n) is 1.45. The summed E-state index contributed by atoms with van der Waals surface area (Å²) >= 11 is 3.22. The highest BCUT2D eigenvalue weighted by Crippen LogP contribution is 2.27. The minimum absolute atomic E-state index is 0.252. The van der Waals surface area contributed by atoms with Crippen LogP contribution in [0.1, 0.15) is 5.56 Å². The summed E-state index contributed by atoms with van der Waals surface area (Å²) in [5.74, 6) is 0.252. The Labute approximate surface area is 79.8 Å². The van der Waals surface area contributed by atoms with E-state index in [-0.39, 0.29) is 5.75 Å². The van der Waals surface area contributed by atoms with Crippen molar-refractivity contribution in [3.8, 4) is 5.75 Å². The van der Waals surface area contributed by atoms with E-state index in [4.69, 9.17) is 5.73 Å². The van der Waals surface area contributed by atoms with Gasteiger partial charge in [0.1, 0.15) is 5.75 Å². The quantitative estimate of drug-likeness (QED) is 0.814. The molecule has 1 aromatic rings. The van der Waals surface area contributed by atoms with Gasteiger partial charge in [0.2, 0.25) is 0 Å². The molecule has 0 spiro atoms. The van der Waals surface area contributed by atoms with E-state index in [1.54, 1.807) is 18.2 Å². The number of nitrogens with two attached hydrogens (primary N) is 1. The van der Waals surface area contributed by atoms with Gasteiger partial charge < -0.3 is 10.8 Å². The predicted octanol–water partition coefficient (Wildman–Crippen LogP) is 2.13. The fourth-order valence-electron chi connectivity index (χ4n) is 0.862.